The molecule has 0 N–H and O–H groups in total. The lowest BCUT2D eigenvalue weighted by Crippen LogP contribution is -2.07. The van der Waals surface area contributed by atoms with Crippen LogP contribution in [0.25, 0.3) is 0 Å². The van der Waals surface area contributed by atoms with Crippen LogP contribution >= 0.6 is 0 Å². The molecule has 13 heavy (non-hydrogen) atoms. The minimum atomic E-state index is 0.0842. The van der Waals surface area contributed by atoms with Crippen LogP contribution in [0, 0.1) is 0 Å². The molecule has 0 heterocycles. The summed E-state index contributed by atoms with van der Waals surface area (Å²) < 4.78 is 0. The van der Waals surface area contributed by atoms with Crippen molar-refractivity contribution in [2.24, 2.45) is 0 Å². The molecule has 0 spiro atoms. The van der Waals surface area contributed by atoms with Crippen molar-refractivity contribution in [1.82, 2.24) is 0 Å². The number of hydrogen-bond donors (Lipinski definition) is 0. The van der Waals surface area contributed by atoms with E-state index >= 15 is 0 Å². The van der Waals surface area contributed by atoms with Gasteiger partial charge in [-0.3, -0.25) is 0 Å². The summed E-state index contributed by atoms with van der Waals surface area (Å²) in [7, 11) is 0.0842. The minimum Gasteiger partial charge on any atom is -0.0680 e. The molecule has 0 fully saturated rings. The monoisotopic (exact) mass is 199 g/mol. The molecule has 0 saturated carbocycles. The van der Waals surface area contributed by atoms with Gasteiger partial charge in [-0.2, -0.15) is 0 Å². The van der Waals surface area contributed by atoms with E-state index in [0.717, 1.165) is 0 Å². The molecular weight excluding hydrogens is 172 g/mol. The van der Waals surface area contributed by atoms with Gasteiger partial charge in [-0.15, -0.1) is 0 Å². The Balaban J connectivity index is 3.05. The SMILES string of the molecule is CCCCCCCC[Si](CC)CC. The summed E-state index contributed by atoms with van der Waals surface area (Å²) in [4.78, 5) is 0. The van der Waals surface area contributed by atoms with E-state index in [1.54, 1.807) is 6.04 Å². The Morgan fingerprint density at radius 1 is 0.692 bits per heavy atom. The van der Waals surface area contributed by atoms with Crippen molar-refractivity contribution in [2.45, 2.75) is 77.4 Å². The van der Waals surface area contributed by atoms with Crippen LogP contribution in [0.5, 0.6) is 0 Å². The van der Waals surface area contributed by atoms with Gasteiger partial charge in [0, 0.05) is 8.80 Å². The lowest BCUT2D eigenvalue weighted by molar-refractivity contribution is 0.623. The van der Waals surface area contributed by atoms with Crippen LogP contribution in [0.1, 0.15) is 59.3 Å². The van der Waals surface area contributed by atoms with Gasteiger partial charge in [-0.05, 0) is 0 Å². The number of rotatable bonds is 9. The minimum absolute atomic E-state index is 0.0842. The Bertz CT molecular complexity index is 87.1. The summed E-state index contributed by atoms with van der Waals surface area (Å²) in [6.45, 7) is 7.03. The van der Waals surface area contributed by atoms with Gasteiger partial charge in [0.15, 0.2) is 0 Å². The highest BCUT2D eigenvalue weighted by molar-refractivity contribution is 6.58. The molecule has 1 radical (unpaired) electrons. The van der Waals surface area contributed by atoms with Crippen molar-refractivity contribution in [2.75, 3.05) is 0 Å². The molecule has 0 unspecified atom stereocenters. The zero-order valence-corrected chi connectivity index (χ0v) is 10.9. The van der Waals surface area contributed by atoms with Crippen LogP contribution in [-0.4, -0.2) is 8.80 Å². The molecule has 0 amide bonds. The Morgan fingerprint density at radius 2 is 1.23 bits per heavy atom. The maximum absolute atomic E-state index is 2.37. The summed E-state index contributed by atoms with van der Waals surface area (Å²) in [5.74, 6) is 0. The highest BCUT2D eigenvalue weighted by Gasteiger charge is 2.04. The molecule has 0 aromatic heterocycles. The van der Waals surface area contributed by atoms with Gasteiger partial charge in [-0.25, -0.2) is 0 Å². The van der Waals surface area contributed by atoms with Crippen LogP contribution in [0.2, 0.25) is 18.1 Å². The smallest absolute Gasteiger partial charge is 0.0473 e. The van der Waals surface area contributed by atoms with Gasteiger partial charge in [0.1, 0.15) is 0 Å². The molecule has 0 aromatic carbocycles. The van der Waals surface area contributed by atoms with E-state index < -0.39 is 0 Å². The van der Waals surface area contributed by atoms with Gasteiger partial charge in [0.2, 0.25) is 0 Å². The van der Waals surface area contributed by atoms with Crippen LogP contribution in [0.4, 0.5) is 0 Å². The maximum atomic E-state index is 2.37. The Morgan fingerprint density at radius 3 is 1.77 bits per heavy atom. The second-order valence-electron chi connectivity index (χ2n) is 3.97. The molecule has 1 heteroatoms. The van der Waals surface area contributed by atoms with Crippen molar-refractivity contribution < 1.29 is 0 Å². The third kappa shape index (κ3) is 8.54. The van der Waals surface area contributed by atoms with E-state index in [4.69, 9.17) is 0 Å². The largest absolute Gasteiger partial charge is 0.0680 e. The predicted molar refractivity (Wildman–Crippen MR) is 64.9 cm³/mol. The van der Waals surface area contributed by atoms with Crippen LogP contribution in [0.15, 0.2) is 0 Å². The molecule has 0 aliphatic heterocycles. The van der Waals surface area contributed by atoms with E-state index in [9.17, 15) is 0 Å². The highest BCUT2D eigenvalue weighted by atomic mass is 28.3. The Kier molecular flexibility index (Phi) is 10.5. The molecule has 0 saturated heterocycles. The molecule has 0 aromatic rings. The number of hydrogen-bond acceptors (Lipinski definition) is 0. The topological polar surface area (TPSA) is 0 Å². The molecule has 0 atom stereocenters. The van der Waals surface area contributed by atoms with Crippen molar-refractivity contribution in [3.05, 3.63) is 0 Å². The van der Waals surface area contributed by atoms with Gasteiger partial charge < -0.3 is 0 Å². The fraction of sp³-hybridized carbons (Fsp3) is 1.00. The average molecular weight is 199 g/mol. The van der Waals surface area contributed by atoms with Crippen LogP contribution < -0.4 is 0 Å². The quantitative estimate of drug-likeness (QED) is 0.367. The molecule has 79 valence electrons. The molecule has 0 rings (SSSR count). The molecule has 0 nitrogen and oxygen atoms in total. The average Bonchev–Trinajstić information content (AvgIpc) is 2.17. The standard InChI is InChI=1S/C12H27Si/c1-4-7-8-9-10-11-12-13(5-2)6-3/h4-12H2,1-3H3. The van der Waals surface area contributed by atoms with E-state index in [0.29, 0.717) is 0 Å². The van der Waals surface area contributed by atoms with Crippen LogP contribution in [0.3, 0.4) is 0 Å². The maximum Gasteiger partial charge on any atom is 0.0473 e. The molecular formula is C12H27Si. The Labute approximate surface area is 86.7 Å². The fourth-order valence-electron chi connectivity index (χ4n) is 1.76. The predicted octanol–water partition coefficient (Wildman–Crippen LogP) is 4.88. The second kappa shape index (κ2) is 10.3. The normalized spacial score (nSPS) is 11.1. The van der Waals surface area contributed by atoms with Gasteiger partial charge >= 0.3 is 0 Å². The first-order valence-electron chi connectivity index (χ1n) is 6.18. The lowest BCUT2D eigenvalue weighted by Gasteiger charge is -2.09. The third-order valence-electron chi connectivity index (χ3n) is 2.88. The number of unbranched alkanes of at least 4 members (excludes halogenated alkanes) is 5. The van der Waals surface area contributed by atoms with Gasteiger partial charge in [-0.1, -0.05) is 77.4 Å². The molecule has 0 aliphatic rings. The van der Waals surface area contributed by atoms with Crippen molar-refractivity contribution in [3.8, 4) is 0 Å². The zero-order chi connectivity index (χ0) is 9.94. The summed E-state index contributed by atoms with van der Waals surface area (Å²) >= 11 is 0. The van der Waals surface area contributed by atoms with E-state index in [1.807, 2.05) is 0 Å². The summed E-state index contributed by atoms with van der Waals surface area (Å²) in [6, 6.07) is 4.54. The summed E-state index contributed by atoms with van der Waals surface area (Å²) in [5.41, 5.74) is 0. The van der Waals surface area contributed by atoms with Gasteiger partial charge in [0.25, 0.3) is 0 Å². The first-order chi connectivity index (χ1) is 6.35. The lowest BCUT2D eigenvalue weighted by atomic mass is 10.1. The van der Waals surface area contributed by atoms with Gasteiger partial charge in [0.05, 0.1) is 0 Å². The van der Waals surface area contributed by atoms with Crippen molar-refractivity contribution in [3.63, 3.8) is 0 Å². The first kappa shape index (κ1) is 13.2. The molecule has 0 bridgehead atoms. The Hall–Kier alpha value is 0.217. The van der Waals surface area contributed by atoms with E-state index in [2.05, 4.69) is 20.8 Å². The van der Waals surface area contributed by atoms with Crippen molar-refractivity contribution in [1.29, 1.82) is 0 Å². The fourth-order valence-corrected chi connectivity index (χ4v) is 3.72. The summed E-state index contributed by atoms with van der Waals surface area (Å²) in [6.07, 6.45) is 8.78. The van der Waals surface area contributed by atoms with Crippen LogP contribution in [-0.2, 0) is 0 Å². The first-order valence-corrected chi connectivity index (χ1v) is 8.30. The zero-order valence-electron chi connectivity index (χ0n) is 9.86. The van der Waals surface area contributed by atoms with E-state index in [1.165, 1.54) is 50.6 Å². The molecule has 0 aliphatic carbocycles. The van der Waals surface area contributed by atoms with E-state index in [-0.39, 0.29) is 8.80 Å². The second-order valence-corrected chi connectivity index (χ2v) is 7.39. The third-order valence-corrected chi connectivity index (χ3v) is 5.94. The highest BCUT2D eigenvalue weighted by Crippen LogP contribution is 2.12. The summed E-state index contributed by atoms with van der Waals surface area (Å²) in [5, 5.41) is 0. The van der Waals surface area contributed by atoms with Crippen molar-refractivity contribution >= 4 is 8.80 Å².